The number of hydrogen-bond donors (Lipinski definition) is 0. The molecule has 2 nitrogen and oxygen atoms in total. The predicted octanol–water partition coefficient (Wildman–Crippen LogP) is 3.89. The molecule has 17 heavy (non-hydrogen) atoms. The molecule has 0 aliphatic carbocycles. The number of hydrogen-bond acceptors (Lipinski definition) is 3. The van der Waals surface area contributed by atoms with E-state index in [4.69, 9.17) is 11.6 Å². The molecule has 0 bridgehead atoms. The van der Waals surface area contributed by atoms with Gasteiger partial charge in [-0.15, -0.1) is 11.6 Å². The van der Waals surface area contributed by atoms with E-state index >= 15 is 0 Å². The van der Waals surface area contributed by atoms with Gasteiger partial charge in [0.2, 0.25) is 0 Å². The van der Waals surface area contributed by atoms with Gasteiger partial charge in [-0.25, -0.2) is 0 Å². The molecule has 0 saturated carbocycles. The molecule has 1 aromatic heterocycles. The summed E-state index contributed by atoms with van der Waals surface area (Å²) in [6, 6.07) is 8.85. The summed E-state index contributed by atoms with van der Waals surface area (Å²) in [4.78, 5) is 2.45. The first-order chi connectivity index (χ1) is 8.40. The minimum absolute atomic E-state index is 0.481. The highest BCUT2D eigenvalue weighted by atomic mass is 35.5. The number of benzene rings is 1. The van der Waals surface area contributed by atoms with Crippen LogP contribution < -0.4 is 4.90 Å². The number of nitrogens with zero attached hydrogens (tertiary/aromatic N) is 2. The van der Waals surface area contributed by atoms with Crippen LogP contribution in [0.5, 0.6) is 0 Å². The van der Waals surface area contributed by atoms with E-state index < -0.39 is 0 Å². The van der Waals surface area contributed by atoms with Gasteiger partial charge in [-0.3, -0.25) is 0 Å². The van der Waals surface area contributed by atoms with Gasteiger partial charge in [0, 0.05) is 23.9 Å². The van der Waals surface area contributed by atoms with Crippen molar-refractivity contribution in [3.63, 3.8) is 0 Å². The average molecular weight is 267 g/mol. The van der Waals surface area contributed by atoms with Crippen molar-refractivity contribution in [3.05, 3.63) is 24.3 Å². The van der Waals surface area contributed by atoms with E-state index in [0.717, 1.165) is 12.1 Å². The van der Waals surface area contributed by atoms with Crippen molar-refractivity contribution in [3.8, 4) is 0 Å². The van der Waals surface area contributed by atoms with E-state index in [2.05, 4.69) is 27.5 Å². The molecule has 0 spiro atoms. The van der Waals surface area contributed by atoms with Crippen molar-refractivity contribution >= 4 is 39.0 Å². The van der Waals surface area contributed by atoms with Gasteiger partial charge in [-0.05, 0) is 42.9 Å². The van der Waals surface area contributed by atoms with Gasteiger partial charge in [0.15, 0.2) is 0 Å². The van der Waals surface area contributed by atoms with E-state index in [1.165, 1.54) is 29.6 Å². The lowest BCUT2D eigenvalue weighted by molar-refractivity contribution is 0.491. The molecule has 2 heterocycles. The number of anilines is 1. The Morgan fingerprint density at radius 1 is 1.35 bits per heavy atom. The number of piperidine rings is 1. The number of halogens is 1. The van der Waals surface area contributed by atoms with Crippen LogP contribution in [0.4, 0.5) is 5.00 Å². The van der Waals surface area contributed by atoms with Crippen LogP contribution in [0.1, 0.15) is 19.3 Å². The lowest BCUT2D eigenvalue weighted by Gasteiger charge is -2.35. The second-order valence-electron chi connectivity index (χ2n) is 4.50. The Kier molecular flexibility index (Phi) is 3.21. The molecule has 1 fully saturated rings. The molecular formula is C13H15ClN2S. The minimum Gasteiger partial charge on any atom is -0.357 e. The first-order valence-corrected chi connectivity index (χ1v) is 7.38. The number of fused-ring (bicyclic) bond motifs is 1. The third-order valence-electron chi connectivity index (χ3n) is 3.43. The van der Waals surface area contributed by atoms with E-state index in [0.29, 0.717) is 11.9 Å². The predicted molar refractivity (Wildman–Crippen MR) is 75.3 cm³/mol. The first-order valence-electron chi connectivity index (χ1n) is 6.07. The molecule has 2 aromatic rings. The maximum atomic E-state index is 6.09. The summed E-state index contributed by atoms with van der Waals surface area (Å²) in [5.41, 5.74) is 1.10. The second-order valence-corrected chi connectivity index (χ2v) is 5.56. The molecule has 1 aromatic carbocycles. The zero-order chi connectivity index (χ0) is 11.7. The van der Waals surface area contributed by atoms with Gasteiger partial charge in [-0.1, -0.05) is 12.1 Å². The Morgan fingerprint density at radius 2 is 2.24 bits per heavy atom. The monoisotopic (exact) mass is 266 g/mol. The van der Waals surface area contributed by atoms with Crippen LogP contribution >= 0.6 is 23.1 Å². The Balaban J connectivity index is 2.01. The largest absolute Gasteiger partial charge is 0.357 e. The lowest BCUT2D eigenvalue weighted by atomic mass is 10.0. The van der Waals surface area contributed by atoms with Crippen molar-refractivity contribution in [1.82, 2.24) is 4.37 Å². The summed E-state index contributed by atoms with van der Waals surface area (Å²) in [7, 11) is 0. The molecule has 1 aliphatic rings. The SMILES string of the molecule is ClCC1CCCCN1c1snc2ccccc12. The van der Waals surface area contributed by atoms with Crippen LogP contribution in [0.25, 0.3) is 10.9 Å². The fourth-order valence-electron chi connectivity index (χ4n) is 2.51. The molecule has 0 N–H and O–H groups in total. The fraction of sp³-hybridized carbons (Fsp3) is 0.462. The molecule has 1 unspecified atom stereocenters. The van der Waals surface area contributed by atoms with Crippen molar-refractivity contribution < 1.29 is 0 Å². The molecule has 90 valence electrons. The Morgan fingerprint density at radius 3 is 3.12 bits per heavy atom. The zero-order valence-electron chi connectivity index (χ0n) is 9.60. The Hall–Kier alpha value is -0.800. The topological polar surface area (TPSA) is 16.1 Å². The third-order valence-corrected chi connectivity index (χ3v) is 4.70. The number of alkyl halides is 1. The van der Waals surface area contributed by atoms with E-state index in [-0.39, 0.29) is 0 Å². The van der Waals surface area contributed by atoms with Crippen molar-refractivity contribution in [2.24, 2.45) is 0 Å². The quantitative estimate of drug-likeness (QED) is 0.767. The van der Waals surface area contributed by atoms with Crippen LogP contribution in [-0.4, -0.2) is 22.8 Å². The van der Waals surface area contributed by atoms with Gasteiger partial charge < -0.3 is 4.90 Å². The third kappa shape index (κ3) is 2.02. The Bertz CT molecular complexity index is 511. The zero-order valence-corrected chi connectivity index (χ0v) is 11.2. The van der Waals surface area contributed by atoms with E-state index in [9.17, 15) is 0 Å². The first kappa shape index (κ1) is 11.3. The van der Waals surface area contributed by atoms with Crippen LogP contribution in [-0.2, 0) is 0 Å². The van der Waals surface area contributed by atoms with Crippen molar-refractivity contribution in [2.45, 2.75) is 25.3 Å². The van der Waals surface area contributed by atoms with Gasteiger partial charge in [-0.2, -0.15) is 4.37 Å². The van der Waals surface area contributed by atoms with Crippen LogP contribution in [0.3, 0.4) is 0 Å². The molecule has 3 rings (SSSR count). The molecule has 0 radical (unpaired) electrons. The molecule has 0 amide bonds. The van der Waals surface area contributed by atoms with Gasteiger partial charge in [0.05, 0.1) is 5.52 Å². The summed E-state index contributed by atoms with van der Waals surface area (Å²) in [6.45, 7) is 1.11. The normalized spacial score (nSPS) is 21.0. The van der Waals surface area contributed by atoms with Gasteiger partial charge >= 0.3 is 0 Å². The number of aromatic nitrogens is 1. The maximum absolute atomic E-state index is 6.09. The summed E-state index contributed by atoms with van der Waals surface area (Å²) < 4.78 is 4.52. The van der Waals surface area contributed by atoms with Gasteiger partial charge in [0.1, 0.15) is 5.00 Å². The summed E-state index contributed by atoms with van der Waals surface area (Å²) in [6.07, 6.45) is 3.76. The smallest absolute Gasteiger partial charge is 0.120 e. The average Bonchev–Trinajstić information content (AvgIpc) is 2.82. The van der Waals surface area contributed by atoms with E-state index in [1.807, 2.05) is 6.07 Å². The van der Waals surface area contributed by atoms with Crippen molar-refractivity contribution in [2.75, 3.05) is 17.3 Å². The molecule has 1 aliphatic heterocycles. The highest BCUT2D eigenvalue weighted by Gasteiger charge is 2.24. The van der Waals surface area contributed by atoms with Crippen LogP contribution in [0, 0.1) is 0 Å². The fourth-order valence-corrected chi connectivity index (χ4v) is 3.79. The highest BCUT2D eigenvalue weighted by Crippen LogP contribution is 2.35. The Labute approximate surface area is 110 Å². The lowest BCUT2D eigenvalue weighted by Crippen LogP contribution is -2.40. The minimum atomic E-state index is 0.481. The van der Waals surface area contributed by atoms with Crippen molar-refractivity contribution in [1.29, 1.82) is 0 Å². The van der Waals surface area contributed by atoms with Crippen LogP contribution in [0.2, 0.25) is 0 Å². The maximum Gasteiger partial charge on any atom is 0.120 e. The standard InChI is InChI=1S/C13H15ClN2S/c14-9-10-5-3-4-8-16(10)13-11-6-1-2-7-12(11)15-17-13/h1-2,6-7,10H,3-5,8-9H2. The van der Waals surface area contributed by atoms with Gasteiger partial charge in [0.25, 0.3) is 0 Å². The molecule has 1 saturated heterocycles. The summed E-state index contributed by atoms with van der Waals surface area (Å²) in [5, 5.41) is 2.57. The molecule has 1 atom stereocenters. The summed E-state index contributed by atoms with van der Waals surface area (Å²) >= 11 is 7.69. The molecule has 4 heteroatoms. The number of rotatable bonds is 2. The van der Waals surface area contributed by atoms with E-state index in [1.54, 1.807) is 11.5 Å². The molecular weight excluding hydrogens is 252 g/mol. The highest BCUT2D eigenvalue weighted by molar-refractivity contribution is 7.11. The second kappa shape index (κ2) is 4.83. The van der Waals surface area contributed by atoms with Crippen LogP contribution in [0.15, 0.2) is 24.3 Å². The summed E-state index contributed by atoms with van der Waals surface area (Å²) in [5.74, 6) is 0.715.